The van der Waals surface area contributed by atoms with Gasteiger partial charge in [0.15, 0.2) is 0 Å². The Morgan fingerprint density at radius 1 is 0.722 bits per heavy atom. The summed E-state index contributed by atoms with van der Waals surface area (Å²) in [7, 11) is -3.40. The molecular formula is C29H39O6P. The number of carboxylic acid groups (broad SMARTS) is 1. The van der Waals surface area contributed by atoms with Crippen LogP contribution in [0.4, 0.5) is 0 Å². The van der Waals surface area contributed by atoms with E-state index in [1.165, 1.54) is 0 Å². The van der Waals surface area contributed by atoms with Gasteiger partial charge in [0, 0.05) is 16.5 Å². The Hall–Kier alpha value is -2.76. The number of hydrogen-bond acceptors (Lipinski definition) is 4. The van der Waals surface area contributed by atoms with Crippen LogP contribution >= 0.6 is 7.37 Å². The van der Waals surface area contributed by atoms with Gasteiger partial charge < -0.3 is 20.2 Å². The van der Waals surface area contributed by atoms with Crippen LogP contribution < -0.4 is 10.6 Å². The van der Waals surface area contributed by atoms with Crippen LogP contribution in [0.5, 0.6) is 0 Å². The molecule has 3 aromatic carbocycles. The summed E-state index contributed by atoms with van der Waals surface area (Å²) < 4.78 is 12.2. The van der Waals surface area contributed by atoms with Crippen molar-refractivity contribution in [2.24, 2.45) is 5.92 Å². The zero-order valence-electron chi connectivity index (χ0n) is 21.3. The number of aliphatic hydroxyl groups is 2. The fourth-order valence-corrected chi connectivity index (χ4v) is 4.81. The first-order valence-corrected chi connectivity index (χ1v) is 13.9. The van der Waals surface area contributed by atoms with Crippen molar-refractivity contribution in [3.63, 3.8) is 0 Å². The highest BCUT2D eigenvalue weighted by molar-refractivity contribution is 7.73. The van der Waals surface area contributed by atoms with Crippen LogP contribution in [0.15, 0.2) is 91.0 Å². The van der Waals surface area contributed by atoms with Crippen LogP contribution in [0.3, 0.4) is 0 Å². The summed E-state index contributed by atoms with van der Waals surface area (Å²) >= 11 is 0. The van der Waals surface area contributed by atoms with Gasteiger partial charge in [0.1, 0.15) is 0 Å². The topological polar surface area (TPSA) is 115 Å². The van der Waals surface area contributed by atoms with Gasteiger partial charge in [0.05, 0.1) is 17.8 Å². The van der Waals surface area contributed by atoms with Crippen molar-refractivity contribution in [2.75, 3.05) is 0 Å². The Balaban J connectivity index is 0.000000280. The summed E-state index contributed by atoms with van der Waals surface area (Å²) in [5, 5.41) is 28.4. The standard InChI is InChI=1S/C12H11O2P.C10H22O2.C7H6O2/c13-15(14,11-7-3-1-4-8-11)12-9-5-2-6-10-12;1-4-6-9(11)8(3)10(12)7-5-2;8-7(9)6-4-2-1-3-5-6/h1-10H,(H,13,14);8-12H,4-7H2,1-3H3;1-5H,(H,8,9). The van der Waals surface area contributed by atoms with E-state index in [2.05, 4.69) is 0 Å². The molecule has 0 aliphatic carbocycles. The third-order valence-electron chi connectivity index (χ3n) is 5.62. The normalized spacial score (nSPS) is 13.2. The summed E-state index contributed by atoms with van der Waals surface area (Å²) in [6.45, 7) is 6.00. The summed E-state index contributed by atoms with van der Waals surface area (Å²) in [6.07, 6.45) is 2.87. The number of aliphatic hydroxyl groups excluding tert-OH is 2. The Bertz CT molecular complexity index is 972. The van der Waals surface area contributed by atoms with Gasteiger partial charge in [-0.2, -0.15) is 0 Å². The molecule has 0 aliphatic rings. The lowest BCUT2D eigenvalue weighted by Gasteiger charge is -2.23. The molecule has 36 heavy (non-hydrogen) atoms. The molecule has 3 aromatic rings. The number of carboxylic acids is 1. The monoisotopic (exact) mass is 514 g/mol. The molecule has 7 heteroatoms. The van der Waals surface area contributed by atoms with E-state index in [0.717, 1.165) is 25.7 Å². The third kappa shape index (κ3) is 10.9. The summed E-state index contributed by atoms with van der Waals surface area (Å²) in [6, 6.07) is 25.7. The van der Waals surface area contributed by atoms with Crippen LogP contribution in [0.1, 0.15) is 56.8 Å². The van der Waals surface area contributed by atoms with Crippen LogP contribution in [0, 0.1) is 5.92 Å². The smallest absolute Gasteiger partial charge is 0.335 e. The minimum atomic E-state index is -3.40. The van der Waals surface area contributed by atoms with E-state index in [4.69, 9.17) is 5.11 Å². The molecule has 0 amide bonds. The first-order chi connectivity index (χ1) is 17.1. The van der Waals surface area contributed by atoms with Crippen LogP contribution in [-0.2, 0) is 4.57 Å². The SMILES string of the molecule is CCCC(O)C(C)C(O)CCC.O=C(O)c1ccccc1.O=P(O)(c1ccccc1)c1ccccc1. The average Bonchev–Trinajstić information content (AvgIpc) is 2.91. The van der Waals surface area contributed by atoms with Gasteiger partial charge in [-0.15, -0.1) is 0 Å². The highest BCUT2D eigenvalue weighted by atomic mass is 31.2. The van der Waals surface area contributed by atoms with Gasteiger partial charge in [-0.05, 0) is 49.2 Å². The van der Waals surface area contributed by atoms with E-state index in [9.17, 15) is 24.5 Å². The number of rotatable bonds is 9. The van der Waals surface area contributed by atoms with Gasteiger partial charge in [-0.3, -0.25) is 4.57 Å². The van der Waals surface area contributed by atoms with Gasteiger partial charge in [0.25, 0.3) is 7.37 Å². The van der Waals surface area contributed by atoms with E-state index in [1.54, 1.807) is 78.9 Å². The Morgan fingerprint density at radius 2 is 1.06 bits per heavy atom. The van der Waals surface area contributed by atoms with Crippen LogP contribution in [-0.4, -0.2) is 38.4 Å². The van der Waals surface area contributed by atoms with E-state index < -0.39 is 13.3 Å². The van der Waals surface area contributed by atoms with E-state index in [1.807, 2.05) is 32.9 Å². The molecule has 0 fully saturated rings. The maximum Gasteiger partial charge on any atom is 0.335 e. The molecule has 3 rings (SSSR count). The predicted octanol–water partition coefficient (Wildman–Crippen LogP) is 5.24. The zero-order valence-corrected chi connectivity index (χ0v) is 22.2. The molecule has 0 spiro atoms. The minimum Gasteiger partial charge on any atom is -0.478 e. The third-order valence-corrected chi connectivity index (χ3v) is 7.61. The first-order valence-electron chi connectivity index (χ1n) is 12.2. The van der Waals surface area contributed by atoms with E-state index in [0.29, 0.717) is 16.2 Å². The maximum absolute atomic E-state index is 12.2. The molecule has 6 nitrogen and oxygen atoms in total. The number of hydrogen-bond donors (Lipinski definition) is 4. The second-order valence-electron chi connectivity index (χ2n) is 8.49. The summed E-state index contributed by atoms with van der Waals surface area (Å²) in [5.74, 6) is -0.861. The first kappa shape index (κ1) is 31.3. The second kappa shape index (κ2) is 16.8. The molecule has 4 N–H and O–H groups in total. The van der Waals surface area contributed by atoms with Crippen molar-refractivity contribution in [1.82, 2.24) is 0 Å². The van der Waals surface area contributed by atoms with Gasteiger partial charge in [-0.25, -0.2) is 4.79 Å². The molecular weight excluding hydrogens is 475 g/mol. The van der Waals surface area contributed by atoms with Crippen LogP contribution in [0.2, 0.25) is 0 Å². The number of carbonyl (C=O) groups is 1. The largest absolute Gasteiger partial charge is 0.478 e. The fourth-order valence-electron chi connectivity index (χ4n) is 3.36. The molecule has 0 saturated heterocycles. The minimum absolute atomic E-state index is 0.0184. The van der Waals surface area contributed by atoms with Gasteiger partial charge in [0.2, 0.25) is 0 Å². The lowest BCUT2D eigenvalue weighted by Crippen LogP contribution is -2.29. The van der Waals surface area contributed by atoms with Gasteiger partial charge >= 0.3 is 5.97 Å². The predicted molar refractivity (Wildman–Crippen MR) is 146 cm³/mol. The fraction of sp³-hybridized carbons (Fsp3) is 0.345. The second-order valence-corrected chi connectivity index (χ2v) is 10.7. The lowest BCUT2D eigenvalue weighted by atomic mass is 9.92. The van der Waals surface area contributed by atoms with Gasteiger partial charge in [-0.1, -0.05) is 88.2 Å². The van der Waals surface area contributed by atoms with E-state index >= 15 is 0 Å². The highest BCUT2D eigenvalue weighted by Gasteiger charge is 2.23. The molecule has 196 valence electrons. The van der Waals surface area contributed by atoms with Crippen molar-refractivity contribution < 1.29 is 29.6 Å². The molecule has 0 aliphatic heterocycles. The Morgan fingerprint density at radius 3 is 1.33 bits per heavy atom. The Labute approximate surface area is 214 Å². The molecule has 0 saturated carbocycles. The summed E-state index contributed by atoms with van der Waals surface area (Å²) in [5.41, 5.74) is 0.331. The van der Waals surface area contributed by atoms with E-state index in [-0.39, 0.29) is 18.1 Å². The molecule has 0 heterocycles. The van der Waals surface area contributed by atoms with Crippen molar-refractivity contribution >= 4 is 23.9 Å². The van der Waals surface area contributed by atoms with Crippen LogP contribution in [0.25, 0.3) is 0 Å². The van der Waals surface area contributed by atoms with Crippen molar-refractivity contribution in [3.8, 4) is 0 Å². The quantitative estimate of drug-likeness (QED) is 0.291. The van der Waals surface area contributed by atoms with Crippen molar-refractivity contribution in [1.29, 1.82) is 0 Å². The maximum atomic E-state index is 12.2. The highest BCUT2D eigenvalue weighted by Crippen LogP contribution is 2.37. The summed E-state index contributed by atoms with van der Waals surface area (Å²) in [4.78, 5) is 20.2. The molecule has 2 atom stereocenters. The molecule has 0 radical (unpaired) electrons. The van der Waals surface area contributed by atoms with Crippen molar-refractivity contribution in [3.05, 3.63) is 96.6 Å². The average molecular weight is 515 g/mol. The zero-order chi connectivity index (χ0) is 27.0. The number of benzene rings is 3. The van der Waals surface area contributed by atoms with Crippen molar-refractivity contribution in [2.45, 2.75) is 58.7 Å². The molecule has 2 unspecified atom stereocenters. The molecule has 0 bridgehead atoms. The molecule has 0 aromatic heterocycles. The lowest BCUT2D eigenvalue weighted by molar-refractivity contribution is 0.0132. The Kier molecular flexibility index (Phi) is 14.6. The number of aromatic carboxylic acids is 1.